The molecule has 1 aromatic carbocycles. The molecule has 0 aliphatic carbocycles. The highest BCUT2D eigenvalue weighted by molar-refractivity contribution is 5.88. The second-order valence-corrected chi connectivity index (χ2v) is 8.68. The van der Waals surface area contributed by atoms with Gasteiger partial charge in [-0.05, 0) is 24.1 Å². The van der Waals surface area contributed by atoms with E-state index in [9.17, 15) is 4.79 Å². The van der Waals surface area contributed by atoms with E-state index >= 15 is 0 Å². The summed E-state index contributed by atoms with van der Waals surface area (Å²) in [6.07, 6.45) is 1.04. The van der Waals surface area contributed by atoms with Gasteiger partial charge in [-0.2, -0.15) is 0 Å². The van der Waals surface area contributed by atoms with E-state index < -0.39 is 0 Å². The summed E-state index contributed by atoms with van der Waals surface area (Å²) in [4.78, 5) is 25.6. The van der Waals surface area contributed by atoms with Gasteiger partial charge in [-0.15, -0.1) is 0 Å². The van der Waals surface area contributed by atoms with Crippen LogP contribution in [0.25, 0.3) is 0 Å². The molecule has 3 aliphatic heterocycles. The molecule has 1 atom stereocenters. The number of amides is 1. The van der Waals surface area contributed by atoms with Crippen LogP contribution in [0.15, 0.2) is 23.2 Å². The zero-order valence-corrected chi connectivity index (χ0v) is 18.6. The Labute approximate surface area is 180 Å². The van der Waals surface area contributed by atoms with Crippen LogP contribution in [0.2, 0.25) is 0 Å². The number of aliphatic imine (C=N–C) groups is 1. The number of ether oxygens (including phenoxy) is 1. The average Bonchev–Trinajstić information content (AvgIpc) is 3.23. The molecule has 1 aromatic rings. The lowest BCUT2D eigenvalue weighted by Gasteiger charge is -2.38. The first-order valence-electron chi connectivity index (χ1n) is 11.2. The van der Waals surface area contributed by atoms with Crippen molar-refractivity contribution >= 4 is 11.7 Å². The van der Waals surface area contributed by atoms with Crippen molar-refractivity contribution in [1.29, 1.82) is 0 Å². The van der Waals surface area contributed by atoms with Gasteiger partial charge in [-0.25, -0.2) is 0 Å². The monoisotopic (exact) mass is 413 g/mol. The molecule has 0 radical (unpaired) electrons. The molecule has 0 bridgehead atoms. The Kier molecular flexibility index (Phi) is 6.58. The highest BCUT2D eigenvalue weighted by Crippen LogP contribution is 2.30. The van der Waals surface area contributed by atoms with Crippen molar-refractivity contribution in [3.8, 4) is 5.75 Å². The second kappa shape index (κ2) is 9.35. The fourth-order valence-electron chi connectivity index (χ4n) is 4.56. The number of carbonyl (C=O) groups is 1. The zero-order chi connectivity index (χ0) is 21.1. The van der Waals surface area contributed by atoms with E-state index in [1.165, 1.54) is 11.1 Å². The fourth-order valence-corrected chi connectivity index (χ4v) is 4.56. The van der Waals surface area contributed by atoms with Crippen LogP contribution >= 0.6 is 0 Å². The van der Waals surface area contributed by atoms with Crippen LogP contribution in [0.3, 0.4) is 0 Å². The van der Waals surface area contributed by atoms with Crippen LogP contribution in [0.5, 0.6) is 5.75 Å². The molecule has 0 spiro atoms. The standard InChI is InChI=1S/C23H35N5O2/c1-18(21-5-4-20-6-15-30-22(20)16-21)27-13-10-26(11-14-27)8-7-24-23-17-28(19(2)29)12-9-25(23)3/h4-5,16,18H,6-15,17H2,1-3H3. The maximum atomic E-state index is 11.6. The van der Waals surface area contributed by atoms with Gasteiger partial charge in [0.05, 0.1) is 19.7 Å². The number of amidine groups is 1. The lowest BCUT2D eigenvalue weighted by atomic mass is 10.0. The summed E-state index contributed by atoms with van der Waals surface area (Å²) < 4.78 is 5.75. The van der Waals surface area contributed by atoms with Gasteiger partial charge in [0.1, 0.15) is 11.6 Å². The van der Waals surface area contributed by atoms with Crippen LogP contribution in [-0.4, -0.2) is 104 Å². The number of benzene rings is 1. The van der Waals surface area contributed by atoms with Crippen molar-refractivity contribution in [3.05, 3.63) is 29.3 Å². The van der Waals surface area contributed by atoms with Crippen LogP contribution in [0.1, 0.15) is 31.0 Å². The van der Waals surface area contributed by atoms with Gasteiger partial charge in [0.25, 0.3) is 0 Å². The molecule has 7 heteroatoms. The summed E-state index contributed by atoms with van der Waals surface area (Å²) in [6, 6.07) is 7.15. The molecule has 3 heterocycles. The van der Waals surface area contributed by atoms with Crippen LogP contribution in [-0.2, 0) is 11.2 Å². The molecule has 1 amide bonds. The zero-order valence-electron chi connectivity index (χ0n) is 18.6. The van der Waals surface area contributed by atoms with Crippen LogP contribution in [0.4, 0.5) is 0 Å². The molecule has 30 heavy (non-hydrogen) atoms. The Hall–Kier alpha value is -2.12. The SMILES string of the molecule is CC(=O)N1CCN(C)C(=NCCN2CCN(C(C)c3ccc4c(c3)OCC4)CC2)C1. The van der Waals surface area contributed by atoms with E-state index in [0.29, 0.717) is 12.6 Å². The lowest BCUT2D eigenvalue weighted by Crippen LogP contribution is -2.50. The van der Waals surface area contributed by atoms with Crippen molar-refractivity contribution in [3.63, 3.8) is 0 Å². The maximum absolute atomic E-state index is 11.6. The highest BCUT2D eigenvalue weighted by atomic mass is 16.5. The summed E-state index contributed by atoms with van der Waals surface area (Å²) in [5.74, 6) is 2.24. The predicted octanol–water partition coefficient (Wildman–Crippen LogP) is 1.49. The minimum atomic E-state index is 0.135. The summed E-state index contributed by atoms with van der Waals surface area (Å²) in [5.41, 5.74) is 2.69. The quantitative estimate of drug-likeness (QED) is 0.732. The highest BCUT2D eigenvalue weighted by Gasteiger charge is 2.24. The number of nitrogens with zero attached hydrogens (tertiary/aromatic N) is 5. The van der Waals surface area contributed by atoms with Crippen molar-refractivity contribution < 1.29 is 9.53 Å². The molecule has 1 unspecified atom stereocenters. The summed E-state index contributed by atoms with van der Waals surface area (Å²) in [6.45, 7) is 13.1. The van der Waals surface area contributed by atoms with Crippen molar-refractivity contribution in [2.75, 3.05) is 72.6 Å². The molecule has 4 rings (SSSR count). The molecule has 2 fully saturated rings. The van der Waals surface area contributed by atoms with Gasteiger partial charge >= 0.3 is 0 Å². The number of piperazine rings is 2. The molecule has 0 aromatic heterocycles. The molecule has 164 valence electrons. The van der Waals surface area contributed by atoms with E-state index in [4.69, 9.17) is 9.73 Å². The Morgan fingerprint density at radius 2 is 1.97 bits per heavy atom. The first-order valence-corrected chi connectivity index (χ1v) is 11.2. The van der Waals surface area contributed by atoms with Crippen molar-refractivity contribution in [2.24, 2.45) is 4.99 Å². The van der Waals surface area contributed by atoms with E-state index in [0.717, 1.165) is 77.0 Å². The van der Waals surface area contributed by atoms with Gasteiger partial charge in [0, 0.05) is 72.2 Å². The molecule has 3 aliphatic rings. The minimum absolute atomic E-state index is 0.135. The summed E-state index contributed by atoms with van der Waals surface area (Å²) in [7, 11) is 2.07. The first-order chi connectivity index (χ1) is 14.5. The predicted molar refractivity (Wildman–Crippen MR) is 119 cm³/mol. The third-order valence-electron chi connectivity index (χ3n) is 6.79. The van der Waals surface area contributed by atoms with Gasteiger partial charge in [-0.3, -0.25) is 19.6 Å². The van der Waals surface area contributed by atoms with Gasteiger partial charge in [0.15, 0.2) is 0 Å². The van der Waals surface area contributed by atoms with E-state index in [1.54, 1.807) is 6.92 Å². The average molecular weight is 414 g/mol. The number of rotatable bonds is 5. The smallest absolute Gasteiger partial charge is 0.219 e. The number of hydrogen-bond acceptors (Lipinski definition) is 5. The molecule has 7 nitrogen and oxygen atoms in total. The molecular formula is C23H35N5O2. The Bertz CT molecular complexity index is 788. The number of carbonyl (C=O) groups excluding carboxylic acids is 1. The minimum Gasteiger partial charge on any atom is -0.493 e. The van der Waals surface area contributed by atoms with Crippen molar-refractivity contribution in [2.45, 2.75) is 26.3 Å². The van der Waals surface area contributed by atoms with Crippen LogP contribution in [0, 0.1) is 0 Å². The number of hydrogen-bond donors (Lipinski definition) is 0. The Morgan fingerprint density at radius 1 is 1.17 bits per heavy atom. The van der Waals surface area contributed by atoms with Gasteiger partial charge < -0.3 is 14.5 Å². The maximum Gasteiger partial charge on any atom is 0.219 e. The largest absolute Gasteiger partial charge is 0.493 e. The third-order valence-corrected chi connectivity index (χ3v) is 6.79. The number of fused-ring (bicyclic) bond motifs is 1. The fraction of sp³-hybridized carbons (Fsp3) is 0.652. The third kappa shape index (κ3) is 4.78. The van der Waals surface area contributed by atoms with Crippen LogP contribution < -0.4 is 4.74 Å². The lowest BCUT2D eigenvalue weighted by molar-refractivity contribution is -0.128. The molecular weight excluding hydrogens is 378 g/mol. The summed E-state index contributed by atoms with van der Waals surface area (Å²) in [5, 5.41) is 0. The molecule has 0 N–H and O–H groups in total. The van der Waals surface area contributed by atoms with E-state index in [1.807, 2.05) is 4.90 Å². The topological polar surface area (TPSA) is 51.6 Å². The van der Waals surface area contributed by atoms with E-state index in [-0.39, 0.29) is 5.91 Å². The number of likely N-dealkylation sites (N-methyl/N-ethyl adjacent to an activating group) is 1. The normalized spacial score (nSPS) is 22.8. The van der Waals surface area contributed by atoms with Crippen molar-refractivity contribution in [1.82, 2.24) is 19.6 Å². The molecule has 0 saturated carbocycles. The first kappa shape index (κ1) is 21.1. The second-order valence-electron chi connectivity index (χ2n) is 8.68. The van der Waals surface area contributed by atoms with Gasteiger partial charge in [0.2, 0.25) is 5.91 Å². The summed E-state index contributed by atoms with van der Waals surface area (Å²) >= 11 is 0. The van der Waals surface area contributed by atoms with Gasteiger partial charge in [-0.1, -0.05) is 12.1 Å². The molecule has 2 saturated heterocycles. The Balaban J connectivity index is 1.24. The van der Waals surface area contributed by atoms with E-state index in [2.05, 4.69) is 46.9 Å². The Morgan fingerprint density at radius 3 is 2.73 bits per heavy atom.